The zero-order valence-corrected chi connectivity index (χ0v) is 23.5. The molecule has 2 aromatic carbocycles. The topological polar surface area (TPSA) is 126 Å². The lowest BCUT2D eigenvalue weighted by Crippen LogP contribution is -2.30. The van der Waals surface area contributed by atoms with Crippen LogP contribution in [0.25, 0.3) is 0 Å². The molecule has 0 aliphatic carbocycles. The minimum Gasteiger partial charge on any atom is -0.502 e. The lowest BCUT2D eigenvalue weighted by atomic mass is 9.91. The van der Waals surface area contributed by atoms with Crippen LogP contribution in [-0.4, -0.2) is 64.2 Å². The molecule has 1 N–H and O–H groups in total. The number of methoxy groups -OCH3 is 4. The molecule has 0 unspecified atom stereocenters. The number of carbonyl (C=O) groups is 1. The molecule has 11 nitrogen and oxygen atoms in total. The third-order valence-electron chi connectivity index (χ3n) is 7.34. The number of esters is 1. The highest BCUT2D eigenvalue weighted by molar-refractivity contribution is 5.71. The van der Waals surface area contributed by atoms with Gasteiger partial charge in [-0.25, -0.2) is 0 Å². The third-order valence-corrected chi connectivity index (χ3v) is 7.34. The van der Waals surface area contributed by atoms with Gasteiger partial charge in [0.15, 0.2) is 28.8 Å². The first-order chi connectivity index (χ1) is 19.8. The molecule has 0 amide bonds. The summed E-state index contributed by atoms with van der Waals surface area (Å²) < 4.78 is 39.0. The van der Waals surface area contributed by atoms with Crippen molar-refractivity contribution in [1.82, 2.24) is 4.90 Å². The zero-order valence-electron chi connectivity index (χ0n) is 23.5. The lowest BCUT2D eigenvalue weighted by molar-refractivity contribution is -0.140. The van der Waals surface area contributed by atoms with Gasteiger partial charge in [-0.2, -0.15) is 0 Å². The van der Waals surface area contributed by atoms with Crippen molar-refractivity contribution in [3.8, 4) is 34.5 Å². The molecule has 1 aromatic heterocycles. The standard InChI is InChI=1S/C30H33NO10/c1-35-23-9-17-5-6-31(15-19(17)12-24(23)36-2)16-20-13-22(32)28(34)29(41-20)21(14-27(33)38-4)18-10-25(37-3)30-26(11-18)39-7-8-40-30/h9-13,21,34H,5-8,14-16H2,1-4H3/t21-/m1/s1. The molecular formula is C30H33NO10. The normalized spacial score (nSPS) is 15.0. The number of fused-ring (bicyclic) bond motifs is 2. The second kappa shape index (κ2) is 12.0. The minimum absolute atomic E-state index is 0.0413. The van der Waals surface area contributed by atoms with E-state index in [1.165, 1.54) is 20.3 Å². The Morgan fingerprint density at radius 3 is 2.37 bits per heavy atom. The van der Waals surface area contributed by atoms with Crippen LogP contribution >= 0.6 is 0 Å². The average Bonchev–Trinajstić information content (AvgIpc) is 3.00. The highest BCUT2D eigenvalue weighted by Gasteiger charge is 2.30. The summed E-state index contributed by atoms with van der Waals surface area (Å²) in [5.41, 5.74) is 2.17. The number of rotatable bonds is 9. The summed E-state index contributed by atoms with van der Waals surface area (Å²) in [7, 11) is 5.97. The largest absolute Gasteiger partial charge is 0.502 e. The monoisotopic (exact) mass is 567 g/mol. The number of benzene rings is 2. The molecule has 0 radical (unpaired) electrons. The van der Waals surface area contributed by atoms with Crippen molar-refractivity contribution >= 4 is 5.97 Å². The smallest absolute Gasteiger partial charge is 0.306 e. The van der Waals surface area contributed by atoms with Crippen molar-refractivity contribution in [2.24, 2.45) is 0 Å². The van der Waals surface area contributed by atoms with Gasteiger partial charge in [0.05, 0.1) is 47.3 Å². The Labute approximate surface area is 237 Å². The zero-order chi connectivity index (χ0) is 29.1. The van der Waals surface area contributed by atoms with Crippen molar-refractivity contribution in [2.45, 2.75) is 31.8 Å². The summed E-state index contributed by atoms with van der Waals surface area (Å²) in [4.78, 5) is 27.6. The van der Waals surface area contributed by atoms with E-state index in [1.54, 1.807) is 26.4 Å². The van der Waals surface area contributed by atoms with Gasteiger partial charge in [-0.1, -0.05) is 0 Å². The first kappa shape index (κ1) is 28.2. The highest BCUT2D eigenvalue weighted by Crippen LogP contribution is 2.45. The van der Waals surface area contributed by atoms with Gasteiger partial charge in [0.2, 0.25) is 16.9 Å². The van der Waals surface area contributed by atoms with Crippen molar-refractivity contribution in [2.75, 3.05) is 48.2 Å². The number of aromatic hydroxyl groups is 1. The maximum absolute atomic E-state index is 13.0. The fourth-order valence-corrected chi connectivity index (χ4v) is 5.27. The summed E-state index contributed by atoms with van der Waals surface area (Å²) in [6.07, 6.45) is 0.574. The first-order valence-electron chi connectivity index (χ1n) is 13.2. The third kappa shape index (κ3) is 5.76. The highest BCUT2D eigenvalue weighted by atomic mass is 16.6. The Kier molecular flexibility index (Phi) is 8.25. The molecule has 3 aromatic rings. The van der Waals surface area contributed by atoms with Gasteiger partial charge in [0.1, 0.15) is 19.0 Å². The van der Waals surface area contributed by atoms with Crippen LogP contribution in [0.1, 0.15) is 40.5 Å². The molecule has 2 aliphatic heterocycles. The van der Waals surface area contributed by atoms with Crippen LogP contribution in [0.5, 0.6) is 34.5 Å². The van der Waals surface area contributed by atoms with E-state index in [0.717, 1.165) is 17.5 Å². The van der Waals surface area contributed by atoms with E-state index in [4.69, 9.17) is 32.8 Å². The van der Waals surface area contributed by atoms with Crippen molar-refractivity contribution < 1.29 is 42.7 Å². The van der Waals surface area contributed by atoms with Gasteiger partial charge in [-0.05, 0) is 47.4 Å². The fraction of sp³-hybridized carbons (Fsp3) is 0.400. The summed E-state index contributed by atoms with van der Waals surface area (Å²) in [6.45, 7) is 2.33. The van der Waals surface area contributed by atoms with E-state index < -0.39 is 23.1 Å². The Balaban J connectivity index is 1.49. The quantitative estimate of drug-likeness (QED) is 0.382. The molecule has 2 aliphatic rings. The van der Waals surface area contributed by atoms with Crippen molar-refractivity contribution in [3.63, 3.8) is 0 Å². The van der Waals surface area contributed by atoms with E-state index in [-0.39, 0.29) is 12.2 Å². The molecule has 0 bridgehead atoms. The molecular weight excluding hydrogens is 534 g/mol. The van der Waals surface area contributed by atoms with Crippen LogP contribution in [0.4, 0.5) is 0 Å². The predicted octanol–water partition coefficient (Wildman–Crippen LogP) is 3.40. The molecule has 41 heavy (non-hydrogen) atoms. The van der Waals surface area contributed by atoms with Crippen LogP contribution in [0, 0.1) is 0 Å². The predicted molar refractivity (Wildman–Crippen MR) is 146 cm³/mol. The number of ether oxygens (including phenoxy) is 6. The number of nitrogens with zero attached hydrogens (tertiary/aromatic N) is 1. The molecule has 218 valence electrons. The molecule has 1 atom stereocenters. The summed E-state index contributed by atoms with van der Waals surface area (Å²) in [5, 5.41) is 10.9. The Morgan fingerprint density at radius 2 is 1.66 bits per heavy atom. The summed E-state index contributed by atoms with van der Waals surface area (Å²) in [5.74, 6) is 0.921. The fourth-order valence-electron chi connectivity index (χ4n) is 5.27. The van der Waals surface area contributed by atoms with Gasteiger partial charge in [-0.3, -0.25) is 14.5 Å². The van der Waals surface area contributed by atoms with E-state index in [0.29, 0.717) is 72.9 Å². The number of hydrogen-bond acceptors (Lipinski definition) is 11. The lowest BCUT2D eigenvalue weighted by Gasteiger charge is -2.29. The summed E-state index contributed by atoms with van der Waals surface area (Å²) in [6, 6.07) is 8.60. The average molecular weight is 568 g/mol. The SMILES string of the molecule is COC(=O)C[C@H](c1cc(OC)c2c(c1)OCCO2)c1oc(CN2CCc3cc(OC)c(OC)cc3C2)cc(=O)c1O. The van der Waals surface area contributed by atoms with Crippen LogP contribution in [0.15, 0.2) is 39.5 Å². The molecule has 0 fully saturated rings. The van der Waals surface area contributed by atoms with Crippen molar-refractivity contribution in [3.05, 3.63) is 68.8 Å². The first-order valence-corrected chi connectivity index (χ1v) is 13.2. The van der Waals surface area contributed by atoms with Gasteiger partial charge in [-0.15, -0.1) is 0 Å². The van der Waals surface area contributed by atoms with E-state index in [9.17, 15) is 14.7 Å². The molecule has 3 heterocycles. The maximum Gasteiger partial charge on any atom is 0.306 e. The number of carbonyl (C=O) groups excluding carboxylic acids is 1. The van der Waals surface area contributed by atoms with Crippen LogP contribution in [-0.2, 0) is 29.0 Å². The number of hydrogen-bond donors (Lipinski definition) is 1. The second-order valence-corrected chi connectivity index (χ2v) is 9.81. The van der Waals surface area contributed by atoms with E-state index >= 15 is 0 Å². The van der Waals surface area contributed by atoms with E-state index in [2.05, 4.69) is 4.90 Å². The summed E-state index contributed by atoms with van der Waals surface area (Å²) >= 11 is 0. The molecule has 0 spiro atoms. The molecule has 5 rings (SSSR count). The Morgan fingerprint density at radius 1 is 0.951 bits per heavy atom. The second-order valence-electron chi connectivity index (χ2n) is 9.81. The molecule has 11 heteroatoms. The Bertz CT molecular complexity index is 1480. The van der Waals surface area contributed by atoms with Gasteiger partial charge in [0, 0.05) is 19.2 Å². The van der Waals surface area contributed by atoms with Crippen LogP contribution < -0.4 is 29.1 Å². The van der Waals surface area contributed by atoms with Gasteiger partial charge in [0.25, 0.3) is 0 Å². The molecule has 0 saturated heterocycles. The Hall–Kier alpha value is -4.38. The maximum atomic E-state index is 13.0. The van der Waals surface area contributed by atoms with Gasteiger partial charge >= 0.3 is 5.97 Å². The van der Waals surface area contributed by atoms with E-state index in [1.807, 2.05) is 12.1 Å². The van der Waals surface area contributed by atoms with Crippen LogP contribution in [0.3, 0.4) is 0 Å². The molecule has 0 saturated carbocycles. The van der Waals surface area contributed by atoms with Crippen molar-refractivity contribution in [1.29, 1.82) is 0 Å². The van der Waals surface area contributed by atoms with Gasteiger partial charge < -0.3 is 37.9 Å². The van der Waals surface area contributed by atoms with Crippen LogP contribution in [0.2, 0.25) is 0 Å². The minimum atomic E-state index is -0.862.